The Kier molecular flexibility index (Phi) is 10.1. The number of hydrogen-bond donors (Lipinski definition) is 3. The van der Waals surface area contributed by atoms with Gasteiger partial charge in [0.05, 0.1) is 30.8 Å². The summed E-state index contributed by atoms with van der Waals surface area (Å²) in [5.74, 6) is -3.72. The van der Waals surface area contributed by atoms with Crippen molar-refractivity contribution in [1.82, 2.24) is 24.5 Å². The smallest absolute Gasteiger partial charge is 0.317 e. The number of rotatable bonds is 9. The van der Waals surface area contributed by atoms with Gasteiger partial charge in [0, 0.05) is 65.4 Å². The van der Waals surface area contributed by atoms with Gasteiger partial charge in [0.2, 0.25) is 0 Å². The molecule has 202 valence electrons. The van der Waals surface area contributed by atoms with E-state index in [0.29, 0.717) is 70.0 Å². The number of hydrogen-bond acceptors (Lipinski definition) is 9. The Hall–Kier alpha value is -3.39. The molecule has 0 bridgehead atoms. The molecular formula is C24H33N5O8. The third-order valence-electron chi connectivity index (χ3n) is 6.52. The first-order chi connectivity index (χ1) is 17.6. The maximum absolute atomic E-state index is 12.7. The van der Waals surface area contributed by atoms with Crippen molar-refractivity contribution in [3.8, 4) is 0 Å². The Morgan fingerprint density at radius 2 is 0.892 bits per heavy atom. The van der Waals surface area contributed by atoms with Gasteiger partial charge in [-0.15, -0.1) is 0 Å². The predicted octanol–water partition coefficient (Wildman–Crippen LogP) is -1.24. The monoisotopic (exact) mass is 519 g/mol. The minimum atomic E-state index is -1.01. The molecule has 1 aromatic carbocycles. The fourth-order valence-electron chi connectivity index (χ4n) is 4.53. The van der Waals surface area contributed by atoms with Crippen molar-refractivity contribution in [1.29, 1.82) is 0 Å². The van der Waals surface area contributed by atoms with Crippen LogP contribution in [0.3, 0.4) is 0 Å². The first-order valence-corrected chi connectivity index (χ1v) is 12.1. The summed E-state index contributed by atoms with van der Waals surface area (Å²) in [4.78, 5) is 67.9. The maximum atomic E-state index is 12.7. The summed E-state index contributed by atoms with van der Waals surface area (Å²) in [6.45, 7) is 2.72. The SMILES string of the molecule is O=C(O)CN1CCN(CCN2C(=O)c3ccccc3C2=O)CCN(CC(=O)O)CCN(CC(=O)O)CC1. The Morgan fingerprint density at radius 3 is 1.22 bits per heavy atom. The topological polar surface area (TPSA) is 162 Å². The van der Waals surface area contributed by atoms with E-state index in [9.17, 15) is 39.3 Å². The standard InChI is InChI=1S/C24H33N5O8/c30-20(31)15-26-7-5-25(13-14-29-23(36)18-3-1-2-4-19(18)24(29)37)6-8-27(16-21(32)33)10-12-28(11-9-26)17-22(34)35/h1-4H,5-17H2,(H,30,31)(H,32,33)(H,34,35). The zero-order chi connectivity index (χ0) is 26.9. The van der Waals surface area contributed by atoms with Gasteiger partial charge in [-0.2, -0.15) is 0 Å². The molecule has 3 N–H and O–H groups in total. The van der Waals surface area contributed by atoms with E-state index in [1.165, 1.54) is 4.90 Å². The quantitative estimate of drug-likeness (QED) is 0.333. The van der Waals surface area contributed by atoms with Crippen LogP contribution < -0.4 is 0 Å². The van der Waals surface area contributed by atoms with Crippen molar-refractivity contribution in [3.05, 3.63) is 35.4 Å². The third kappa shape index (κ3) is 8.32. The summed E-state index contributed by atoms with van der Waals surface area (Å²) < 4.78 is 0. The number of carboxylic acid groups (broad SMARTS) is 3. The van der Waals surface area contributed by atoms with E-state index >= 15 is 0 Å². The molecule has 2 heterocycles. The second-order valence-corrected chi connectivity index (χ2v) is 9.16. The number of carbonyl (C=O) groups is 5. The summed E-state index contributed by atoms with van der Waals surface area (Å²) in [5, 5.41) is 27.9. The molecule has 13 nitrogen and oxygen atoms in total. The molecular weight excluding hydrogens is 486 g/mol. The molecule has 0 aromatic heterocycles. The number of benzene rings is 1. The molecule has 1 saturated heterocycles. The predicted molar refractivity (Wildman–Crippen MR) is 130 cm³/mol. The lowest BCUT2D eigenvalue weighted by atomic mass is 10.1. The minimum absolute atomic E-state index is 0.149. The number of nitrogens with zero attached hydrogens (tertiary/aromatic N) is 5. The second kappa shape index (κ2) is 13.2. The molecule has 13 heteroatoms. The van der Waals surface area contributed by atoms with Crippen LogP contribution in [0.25, 0.3) is 0 Å². The molecule has 1 fully saturated rings. The van der Waals surface area contributed by atoms with Gasteiger partial charge in [-0.1, -0.05) is 12.1 Å². The van der Waals surface area contributed by atoms with Crippen LogP contribution in [-0.2, 0) is 14.4 Å². The summed E-state index contributed by atoms with van der Waals surface area (Å²) in [6, 6.07) is 6.64. The number of carboxylic acids is 3. The van der Waals surface area contributed by atoms with Crippen LogP contribution in [0.2, 0.25) is 0 Å². The fourth-order valence-corrected chi connectivity index (χ4v) is 4.53. The highest BCUT2D eigenvalue weighted by molar-refractivity contribution is 6.21. The molecule has 0 saturated carbocycles. The molecule has 3 rings (SSSR count). The average molecular weight is 520 g/mol. The van der Waals surface area contributed by atoms with E-state index in [-0.39, 0.29) is 38.0 Å². The molecule has 2 aliphatic rings. The highest BCUT2D eigenvalue weighted by Crippen LogP contribution is 2.22. The molecule has 37 heavy (non-hydrogen) atoms. The van der Waals surface area contributed by atoms with E-state index in [0.717, 1.165) is 0 Å². The van der Waals surface area contributed by atoms with E-state index in [1.807, 2.05) is 4.90 Å². The van der Waals surface area contributed by atoms with Gasteiger partial charge in [0.15, 0.2) is 0 Å². The number of carbonyl (C=O) groups excluding carboxylic acids is 2. The zero-order valence-electron chi connectivity index (χ0n) is 20.6. The lowest BCUT2D eigenvalue weighted by Gasteiger charge is -2.33. The Bertz CT molecular complexity index is 952. The first-order valence-electron chi connectivity index (χ1n) is 12.1. The summed E-state index contributed by atoms with van der Waals surface area (Å²) in [7, 11) is 0. The van der Waals surface area contributed by atoms with Crippen molar-refractivity contribution in [2.24, 2.45) is 0 Å². The highest BCUT2D eigenvalue weighted by atomic mass is 16.4. The second-order valence-electron chi connectivity index (χ2n) is 9.16. The third-order valence-corrected chi connectivity index (χ3v) is 6.52. The van der Waals surface area contributed by atoms with Crippen molar-refractivity contribution in [2.75, 3.05) is 85.1 Å². The normalized spacial score (nSPS) is 19.3. The Labute approximate surface area is 214 Å². The lowest BCUT2D eigenvalue weighted by molar-refractivity contribution is -0.140. The highest BCUT2D eigenvalue weighted by Gasteiger charge is 2.35. The van der Waals surface area contributed by atoms with E-state index in [2.05, 4.69) is 0 Å². The van der Waals surface area contributed by atoms with Crippen LogP contribution in [0, 0.1) is 0 Å². The van der Waals surface area contributed by atoms with Gasteiger partial charge in [-0.3, -0.25) is 48.5 Å². The van der Waals surface area contributed by atoms with E-state index in [1.54, 1.807) is 39.0 Å². The van der Waals surface area contributed by atoms with Crippen molar-refractivity contribution < 1.29 is 39.3 Å². The number of fused-ring (bicyclic) bond motifs is 1. The fraction of sp³-hybridized carbons (Fsp3) is 0.542. The number of amides is 2. The van der Waals surface area contributed by atoms with E-state index in [4.69, 9.17) is 0 Å². The Balaban J connectivity index is 1.71. The van der Waals surface area contributed by atoms with Gasteiger partial charge >= 0.3 is 17.9 Å². The first kappa shape index (κ1) is 28.2. The largest absolute Gasteiger partial charge is 0.480 e. The summed E-state index contributed by atoms with van der Waals surface area (Å²) in [6.07, 6.45) is 0. The molecule has 2 aliphatic heterocycles. The Morgan fingerprint density at radius 1 is 0.568 bits per heavy atom. The average Bonchev–Trinajstić information content (AvgIpc) is 3.07. The zero-order valence-corrected chi connectivity index (χ0v) is 20.6. The summed E-state index contributed by atoms with van der Waals surface area (Å²) >= 11 is 0. The number of imide groups is 1. The molecule has 0 spiro atoms. The van der Waals surface area contributed by atoms with Crippen LogP contribution in [0.1, 0.15) is 20.7 Å². The van der Waals surface area contributed by atoms with Gasteiger partial charge in [-0.25, -0.2) is 0 Å². The van der Waals surface area contributed by atoms with Gasteiger partial charge in [0.25, 0.3) is 11.8 Å². The maximum Gasteiger partial charge on any atom is 0.317 e. The molecule has 1 aromatic rings. The van der Waals surface area contributed by atoms with Crippen LogP contribution in [-0.4, -0.2) is 155 Å². The lowest BCUT2D eigenvalue weighted by Crippen LogP contribution is -2.49. The molecule has 0 aliphatic carbocycles. The van der Waals surface area contributed by atoms with Gasteiger partial charge < -0.3 is 15.3 Å². The molecule has 0 radical (unpaired) electrons. The van der Waals surface area contributed by atoms with Crippen LogP contribution in [0.5, 0.6) is 0 Å². The van der Waals surface area contributed by atoms with Crippen molar-refractivity contribution in [3.63, 3.8) is 0 Å². The minimum Gasteiger partial charge on any atom is -0.480 e. The van der Waals surface area contributed by atoms with Gasteiger partial charge in [-0.05, 0) is 12.1 Å². The molecule has 0 atom stereocenters. The van der Waals surface area contributed by atoms with E-state index < -0.39 is 17.9 Å². The van der Waals surface area contributed by atoms with Gasteiger partial charge in [0.1, 0.15) is 0 Å². The molecule has 2 amide bonds. The van der Waals surface area contributed by atoms with Crippen molar-refractivity contribution >= 4 is 29.7 Å². The number of aliphatic carboxylic acids is 3. The van der Waals surface area contributed by atoms with Crippen molar-refractivity contribution in [2.45, 2.75) is 0 Å². The summed E-state index contributed by atoms with van der Waals surface area (Å²) in [5.41, 5.74) is 0.736. The van der Waals surface area contributed by atoms with Crippen LogP contribution in [0.15, 0.2) is 24.3 Å². The molecule has 0 unspecified atom stereocenters. The van der Waals surface area contributed by atoms with Crippen LogP contribution in [0.4, 0.5) is 0 Å². The van der Waals surface area contributed by atoms with Crippen LogP contribution >= 0.6 is 0 Å².